The number of rotatable bonds is 3. The second kappa shape index (κ2) is 11.1. The molecule has 2 heterocycles. The summed E-state index contributed by atoms with van der Waals surface area (Å²) in [6, 6.07) is 9.81. The van der Waals surface area contributed by atoms with E-state index in [0.717, 1.165) is 18.9 Å². The minimum absolute atomic E-state index is 0.344. The molecule has 2 aromatic rings. The fraction of sp³-hybridized carbons (Fsp3) is 0.480. The number of nitrogens with zero attached hydrogens (tertiary/aromatic N) is 2. The largest absolute Gasteiger partial charge is 0.338 e. The summed E-state index contributed by atoms with van der Waals surface area (Å²) in [5.41, 5.74) is 0.450. The number of hydrogen-bond donors (Lipinski definition) is 0. The average molecular weight is 463 g/mol. The zero-order chi connectivity index (χ0) is 23.3. The van der Waals surface area contributed by atoms with Gasteiger partial charge in [-0.2, -0.15) is 0 Å². The van der Waals surface area contributed by atoms with Crippen molar-refractivity contribution in [2.45, 2.75) is 50.0 Å². The SMILES string of the molecule is CS(=O)c1ccc(-c2cc(F)c(C(=O)N3CCCC3)c(F)c2)cc1.C[C@@H]1CCCCN1C. The highest BCUT2D eigenvalue weighted by Gasteiger charge is 2.26. The summed E-state index contributed by atoms with van der Waals surface area (Å²) >= 11 is 0. The summed E-state index contributed by atoms with van der Waals surface area (Å²) in [5.74, 6) is -2.30. The number of piperidine rings is 1. The molecule has 2 saturated heterocycles. The molecule has 2 aromatic carbocycles. The zero-order valence-electron chi connectivity index (χ0n) is 19.1. The molecule has 0 aliphatic carbocycles. The first kappa shape index (κ1) is 24.5. The van der Waals surface area contributed by atoms with Gasteiger partial charge in [0.15, 0.2) is 0 Å². The molecule has 0 radical (unpaired) electrons. The smallest absolute Gasteiger partial charge is 0.259 e. The van der Waals surface area contributed by atoms with E-state index in [4.69, 9.17) is 0 Å². The number of hydrogen-bond acceptors (Lipinski definition) is 3. The molecule has 0 aromatic heterocycles. The zero-order valence-corrected chi connectivity index (χ0v) is 19.9. The van der Waals surface area contributed by atoms with Gasteiger partial charge in [0.1, 0.15) is 17.2 Å². The van der Waals surface area contributed by atoms with Crippen LogP contribution in [0.5, 0.6) is 0 Å². The van der Waals surface area contributed by atoms with E-state index in [-0.39, 0.29) is 0 Å². The maximum absolute atomic E-state index is 14.4. The lowest BCUT2D eigenvalue weighted by molar-refractivity contribution is 0.0783. The van der Waals surface area contributed by atoms with Gasteiger partial charge in [-0.25, -0.2) is 8.78 Å². The molecule has 1 amide bonds. The van der Waals surface area contributed by atoms with E-state index in [1.807, 2.05) is 0 Å². The Morgan fingerprint density at radius 1 is 0.938 bits per heavy atom. The number of amides is 1. The number of carbonyl (C=O) groups excluding carboxylic acids is 1. The van der Waals surface area contributed by atoms with E-state index in [2.05, 4.69) is 18.9 Å². The van der Waals surface area contributed by atoms with Crippen molar-refractivity contribution < 1.29 is 17.8 Å². The lowest BCUT2D eigenvalue weighted by Crippen LogP contribution is -2.33. The van der Waals surface area contributed by atoms with Crippen LogP contribution in [0.15, 0.2) is 41.3 Å². The van der Waals surface area contributed by atoms with Gasteiger partial charge in [-0.1, -0.05) is 18.6 Å². The topological polar surface area (TPSA) is 40.6 Å². The van der Waals surface area contributed by atoms with E-state index in [0.29, 0.717) is 29.1 Å². The first-order valence-electron chi connectivity index (χ1n) is 11.2. The summed E-state index contributed by atoms with van der Waals surface area (Å²) < 4.78 is 40.1. The molecule has 1 unspecified atom stereocenters. The molecule has 2 atom stereocenters. The van der Waals surface area contributed by atoms with Crippen molar-refractivity contribution in [3.05, 3.63) is 53.6 Å². The van der Waals surface area contributed by atoms with Gasteiger partial charge in [-0.3, -0.25) is 9.00 Å². The third-order valence-corrected chi connectivity index (χ3v) is 7.24. The van der Waals surface area contributed by atoms with Crippen LogP contribution in [0, 0.1) is 11.6 Å². The first-order valence-corrected chi connectivity index (χ1v) is 12.8. The molecule has 4 nitrogen and oxygen atoms in total. The van der Waals surface area contributed by atoms with Crippen molar-refractivity contribution in [1.29, 1.82) is 0 Å². The molecule has 2 aliphatic rings. The van der Waals surface area contributed by atoms with E-state index in [9.17, 15) is 17.8 Å². The summed E-state index contributed by atoms with van der Waals surface area (Å²) in [4.78, 5) is 16.8. The number of likely N-dealkylation sites (tertiary alicyclic amines) is 2. The molecule has 2 fully saturated rings. The van der Waals surface area contributed by atoms with Gasteiger partial charge in [-0.15, -0.1) is 0 Å². The monoisotopic (exact) mass is 462 g/mol. The Morgan fingerprint density at radius 2 is 1.50 bits per heavy atom. The highest BCUT2D eigenvalue weighted by molar-refractivity contribution is 7.84. The molecule has 32 heavy (non-hydrogen) atoms. The summed E-state index contributed by atoms with van der Waals surface area (Å²) in [6.45, 7) is 4.69. The lowest BCUT2D eigenvalue weighted by atomic mass is 10.0. The van der Waals surface area contributed by atoms with Crippen molar-refractivity contribution in [3.8, 4) is 11.1 Å². The molecule has 0 bridgehead atoms. The fourth-order valence-corrected chi connectivity index (χ4v) is 4.62. The standard InChI is InChI=1S/C18H17F2NO2S.C7H15N/c1-24(23)14-6-4-12(5-7-14)13-10-15(19)17(16(20)11-13)18(22)21-8-2-3-9-21;1-7-5-3-4-6-8(7)2/h4-7,10-11H,2-3,8-9H2,1H3;7H,3-6H2,1-2H3/t;7-/m.1/s1. The van der Waals surface area contributed by atoms with Crippen LogP contribution in [0.3, 0.4) is 0 Å². The van der Waals surface area contributed by atoms with Crippen LogP contribution in [0.4, 0.5) is 8.78 Å². The molecule has 174 valence electrons. The minimum atomic E-state index is -1.11. The molecule has 2 aliphatic heterocycles. The molecular formula is C25H32F2N2O2S. The van der Waals surface area contributed by atoms with Crippen LogP contribution in [0.1, 0.15) is 49.4 Å². The summed E-state index contributed by atoms with van der Waals surface area (Å²) in [5, 5.41) is 0. The lowest BCUT2D eigenvalue weighted by Gasteiger charge is -2.29. The van der Waals surface area contributed by atoms with E-state index in [1.54, 1.807) is 30.5 Å². The van der Waals surface area contributed by atoms with Crippen LogP contribution in [0.2, 0.25) is 0 Å². The predicted octanol–water partition coefficient (Wildman–Crippen LogP) is 5.10. The third kappa shape index (κ3) is 6.01. The van der Waals surface area contributed by atoms with Gasteiger partial charge in [0, 0.05) is 41.1 Å². The van der Waals surface area contributed by atoms with E-state index >= 15 is 0 Å². The van der Waals surface area contributed by atoms with E-state index < -0.39 is 33.9 Å². The van der Waals surface area contributed by atoms with Crippen molar-refractivity contribution >= 4 is 16.7 Å². The van der Waals surface area contributed by atoms with Crippen LogP contribution in [-0.4, -0.2) is 58.9 Å². The third-order valence-electron chi connectivity index (χ3n) is 6.30. The van der Waals surface area contributed by atoms with Crippen molar-refractivity contribution in [2.75, 3.05) is 32.9 Å². The number of halogens is 2. The van der Waals surface area contributed by atoms with Gasteiger partial charge in [0.05, 0.1) is 0 Å². The first-order chi connectivity index (χ1) is 15.3. The van der Waals surface area contributed by atoms with Crippen LogP contribution < -0.4 is 0 Å². The normalized spacial score (nSPS) is 19.9. The second-order valence-electron chi connectivity index (χ2n) is 8.62. The highest BCUT2D eigenvalue weighted by atomic mass is 32.2. The molecule has 0 spiro atoms. The second-order valence-corrected chi connectivity index (χ2v) is 10.00. The predicted molar refractivity (Wildman–Crippen MR) is 125 cm³/mol. The number of benzene rings is 2. The molecule has 0 saturated carbocycles. The van der Waals surface area contributed by atoms with Gasteiger partial charge >= 0.3 is 0 Å². The Balaban J connectivity index is 0.000000305. The van der Waals surface area contributed by atoms with Crippen molar-refractivity contribution in [3.63, 3.8) is 0 Å². The summed E-state index contributed by atoms with van der Waals surface area (Å²) in [7, 11) is 1.10. The maximum Gasteiger partial charge on any atom is 0.259 e. The highest BCUT2D eigenvalue weighted by Crippen LogP contribution is 2.27. The quantitative estimate of drug-likeness (QED) is 0.638. The van der Waals surface area contributed by atoms with Gasteiger partial charge < -0.3 is 9.80 Å². The molecule has 4 rings (SSSR count). The Morgan fingerprint density at radius 3 is 1.97 bits per heavy atom. The van der Waals surface area contributed by atoms with Crippen LogP contribution in [-0.2, 0) is 10.8 Å². The van der Waals surface area contributed by atoms with Gasteiger partial charge in [0.25, 0.3) is 5.91 Å². The molecule has 0 N–H and O–H groups in total. The average Bonchev–Trinajstić information content (AvgIpc) is 3.31. The summed E-state index contributed by atoms with van der Waals surface area (Å²) in [6.07, 6.45) is 7.52. The molecule has 7 heteroatoms. The Kier molecular flexibility index (Phi) is 8.54. The number of carbonyl (C=O) groups is 1. The van der Waals surface area contributed by atoms with Crippen molar-refractivity contribution in [2.24, 2.45) is 0 Å². The fourth-order valence-electron chi connectivity index (χ4n) is 4.10. The minimum Gasteiger partial charge on any atom is -0.338 e. The van der Waals surface area contributed by atoms with E-state index in [1.165, 1.54) is 42.8 Å². The Hall–Kier alpha value is -2.12. The van der Waals surface area contributed by atoms with Crippen molar-refractivity contribution in [1.82, 2.24) is 9.80 Å². The maximum atomic E-state index is 14.4. The van der Waals surface area contributed by atoms with Gasteiger partial charge in [-0.05, 0) is 81.6 Å². The van der Waals surface area contributed by atoms with Crippen LogP contribution >= 0.6 is 0 Å². The Bertz CT molecular complexity index is 926. The molecular weight excluding hydrogens is 430 g/mol. The van der Waals surface area contributed by atoms with Crippen LogP contribution in [0.25, 0.3) is 11.1 Å². The van der Waals surface area contributed by atoms with Gasteiger partial charge in [0.2, 0.25) is 0 Å². The Labute approximate surface area is 192 Å².